The number of nitrogens with zero attached hydrogens (tertiary/aromatic N) is 7. The average molecular weight is 490 g/mol. The molecule has 0 spiro atoms. The molecule has 4 aromatic heterocycles. The molecule has 9 nitrogen and oxygen atoms in total. The van der Waals surface area contributed by atoms with Crippen LogP contribution in [0.1, 0.15) is 10.7 Å². The zero-order chi connectivity index (χ0) is 23.0. The molecule has 170 valence electrons. The van der Waals surface area contributed by atoms with Crippen molar-refractivity contribution < 1.29 is 0 Å². The predicted molar refractivity (Wildman–Crippen MR) is 132 cm³/mol. The molecular weight excluding hydrogens is 470 g/mol. The van der Waals surface area contributed by atoms with Crippen LogP contribution in [0.15, 0.2) is 36.1 Å². The average Bonchev–Trinajstić information content (AvgIpc) is 3.35. The quantitative estimate of drug-likeness (QED) is 0.394. The van der Waals surface area contributed by atoms with E-state index in [9.17, 15) is 0 Å². The third-order valence-corrected chi connectivity index (χ3v) is 8.84. The van der Waals surface area contributed by atoms with Crippen LogP contribution in [-0.4, -0.2) is 54.8 Å². The highest BCUT2D eigenvalue weighted by Crippen LogP contribution is 2.63. The number of thiazole rings is 1. The molecule has 2 fully saturated rings. The van der Waals surface area contributed by atoms with E-state index in [2.05, 4.69) is 30.4 Å². The molecule has 3 atom stereocenters. The van der Waals surface area contributed by atoms with E-state index in [-0.39, 0.29) is 5.41 Å². The Labute approximate surface area is 203 Å². The van der Waals surface area contributed by atoms with E-state index < -0.39 is 0 Å². The number of aromatic amines is 1. The van der Waals surface area contributed by atoms with Crippen LogP contribution in [0, 0.1) is 18.8 Å². The Kier molecular flexibility index (Phi) is 4.24. The zero-order valence-corrected chi connectivity index (χ0v) is 19.8. The first-order chi connectivity index (χ1) is 16.6. The molecule has 1 aliphatic heterocycles. The summed E-state index contributed by atoms with van der Waals surface area (Å²) in [5.74, 6) is 1.83. The van der Waals surface area contributed by atoms with Crippen molar-refractivity contribution in [2.45, 2.75) is 12.3 Å². The molecule has 1 aromatic carbocycles. The SMILES string of the molecule is Cc1csc([C@]2(CN)[C@@H]3CN(c4cnc5c(-c6ccc7nccnc7c6Cl)n[nH]c5n4)C[C@@H]32)n1. The van der Waals surface area contributed by atoms with Gasteiger partial charge in [0, 0.05) is 54.1 Å². The van der Waals surface area contributed by atoms with E-state index in [1.807, 2.05) is 25.3 Å². The van der Waals surface area contributed by atoms with Gasteiger partial charge in [-0.15, -0.1) is 11.3 Å². The lowest BCUT2D eigenvalue weighted by Crippen LogP contribution is -2.35. The molecule has 0 unspecified atom stereocenters. The molecule has 1 aliphatic carbocycles. The molecular formula is C23H20ClN9S. The number of nitrogens with one attached hydrogen (secondary N) is 1. The first-order valence-electron chi connectivity index (χ1n) is 11.1. The number of piperidine rings is 1. The number of benzene rings is 1. The highest BCUT2D eigenvalue weighted by atomic mass is 35.5. The number of hydrogen-bond donors (Lipinski definition) is 2. The zero-order valence-electron chi connectivity index (χ0n) is 18.2. The Bertz CT molecular complexity index is 1570. The first-order valence-corrected chi connectivity index (χ1v) is 12.3. The molecule has 11 heteroatoms. The molecule has 34 heavy (non-hydrogen) atoms. The number of fused-ring (bicyclic) bond motifs is 3. The van der Waals surface area contributed by atoms with Crippen molar-refractivity contribution in [3.8, 4) is 11.3 Å². The van der Waals surface area contributed by atoms with Crippen LogP contribution < -0.4 is 10.6 Å². The van der Waals surface area contributed by atoms with E-state index in [1.54, 1.807) is 23.7 Å². The topological polar surface area (TPSA) is 122 Å². The van der Waals surface area contributed by atoms with Crippen LogP contribution in [0.2, 0.25) is 5.02 Å². The molecule has 2 aliphatic rings. The first kappa shape index (κ1) is 20.2. The van der Waals surface area contributed by atoms with E-state index in [1.165, 1.54) is 5.01 Å². The number of halogens is 1. The third-order valence-electron chi connectivity index (χ3n) is 7.30. The summed E-state index contributed by atoms with van der Waals surface area (Å²) in [6, 6.07) is 3.78. The minimum atomic E-state index is 0.0177. The summed E-state index contributed by atoms with van der Waals surface area (Å²) in [6.45, 7) is 4.47. The van der Waals surface area contributed by atoms with Gasteiger partial charge in [0.05, 0.1) is 16.7 Å². The van der Waals surface area contributed by atoms with Crippen LogP contribution in [0.4, 0.5) is 5.82 Å². The van der Waals surface area contributed by atoms with Crippen LogP contribution in [0.5, 0.6) is 0 Å². The predicted octanol–water partition coefficient (Wildman–Crippen LogP) is 3.34. The van der Waals surface area contributed by atoms with Gasteiger partial charge in [-0.2, -0.15) is 5.10 Å². The minimum Gasteiger partial charge on any atom is -0.355 e. The highest BCUT2D eigenvalue weighted by Gasteiger charge is 2.69. The van der Waals surface area contributed by atoms with Gasteiger partial charge in [-0.05, 0) is 30.9 Å². The lowest BCUT2D eigenvalue weighted by Gasteiger charge is -2.25. The number of aryl methyl sites for hydroxylation is 1. The normalized spacial score (nSPS) is 23.7. The molecule has 5 aromatic rings. The molecule has 1 saturated carbocycles. The van der Waals surface area contributed by atoms with Crippen LogP contribution in [0.3, 0.4) is 0 Å². The number of anilines is 1. The fourth-order valence-corrected chi connectivity index (χ4v) is 6.95. The monoisotopic (exact) mass is 489 g/mol. The van der Waals surface area contributed by atoms with Crippen molar-refractivity contribution in [3.63, 3.8) is 0 Å². The molecule has 7 rings (SSSR count). The molecule has 0 radical (unpaired) electrons. The van der Waals surface area contributed by atoms with Crippen LogP contribution >= 0.6 is 22.9 Å². The Morgan fingerprint density at radius 3 is 2.74 bits per heavy atom. The maximum atomic E-state index is 6.65. The second-order valence-corrected chi connectivity index (χ2v) is 10.2. The van der Waals surface area contributed by atoms with Gasteiger partial charge in [0.1, 0.15) is 27.6 Å². The van der Waals surface area contributed by atoms with Crippen LogP contribution in [0.25, 0.3) is 33.5 Å². The van der Waals surface area contributed by atoms with Crippen LogP contribution in [-0.2, 0) is 5.41 Å². The molecule has 0 amide bonds. The number of rotatable bonds is 4. The van der Waals surface area contributed by atoms with Gasteiger partial charge in [-0.3, -0.25) is 15.1 Å². The maximum absolute atomic E-state index is 6.65. The summed E-state index contributed by atoms with van der Waals surface area (Å²) in [6.07, 6.45) is 5.09. The van der Waals surface area contributed by atoms with Gasteiger partial charge < -0.3 is 10.6 Å². The number of hydrogen-bond acceptors (Lipinski definition) is 9. The number of aromatic nitrogens is 7. The van der Waals surface area contributed by atoms with Gasteiger partial charge in [0.25, 0.3) is 0 Å². The summed E-state index contributed by atoms with van der Waals surface area (Å²) in [7, 11) is 0. The van der Waals surface area contributed by atoms with E-state index in [4.69, 9.17) is 32.3 Å². The van der Waals surface area contributed by atoms with Crippen molar-refractivity contribution in [1.82, 2.24) is 35.1 Å². The van der Waals surface area contributed by atoms with E-state index in [0.717, 1.165) is 35.7 Å². The summed E-state index contributed by atoms with van der Waals surface area (Å²) in [4.78, 5) is 25.3. The second-order valence-electron chi connectivity index (χ2n) is 9.01. The minimum absolute atomic E-state index is 0.0177. The summed E-state index contributed by atoms with van der Waals surface area (Å²) in [5, 5.41) is 11.3. The fourth-order valence-electron chi connectivity index (χ4n) is 5.52. The third kappa shape index (κ3) is 2.70. The Morgan fingerprint density at radius 2 is 1.97 bits per heavy atom. The van der Waals surface area contributed by atoms with Crippen molar-refractivity contribution in [2.24, 2.45) is 17.6 Å². The summed E-state index contributed by atoms with van der Waals surface area (Å²) < 4.78 is 0. The molecule has 0 bridgehead atoms. The van der Waals surface area contributed by atoms with E-state index >= 15 is 0 Å². The molecule has 3 N–H and O–H groups in total. The lowest BCUT2D eigenvalue weighted by molar-refractivity contribution is 0.549. The second kappa shape index (κ2) is 7.14. The van der Waals surface area contributed by atoms with Crippen molar-refractivity contribution >= 4 is 51.0 Å². The molecule has 5 heterocycles. The summed E-state index contributed by atoms with van der Waals surface area (Å²) >= 11 is 8.39. The Hall–Kier alpha value is -3.21. The van der Waals surface area contributed by atoms with Crippen molar-refractivity contribution in [3.05, 3.63) is 51.8 Å². The summed E-state index contributed by atoms with van der Waals surface area (Å²) in [5.41, 5.74) is 11.4. The van der Waals surface area contributed by atoms with Gasteiger partial charge >= 0.3 is 0 Å². The van der Waals surface area contributed by atoms with Gasteiger partial charge in [-0.25, -0.2) is 15.0 Å². The fraction of sp³-hybridized carbons (Fsp3) is 0.304. The van der Waals surface area contributed by atoms with E-state index in [0.29, 0.717) is 45.8 Å². The lowest BCUT2D eigenvalue weighted by atomic mass is 10.0. The Balaban J connectivity index is 1.19. The standard InChI is InChI=1S/C23H20ClN9S/c1-11-9-34-22(29-11)23(10-25)13-7-33(8-14(13)23)16-6-28-20-18(31-32-21(20)30-16)12-2-3-15-19(17(12)24)27-5-4-26-15/h2-6,9,13-14H,7-8,10,25H2,1H3,(H,30,31,32)/t13-,14+,23-. The van der Waals surface area contributed by atoms with Gasteiger partial charge in [0.15, 0.2) is 5.65 Å². The molecule has 1 saturated heterocycles. The Morgan fingerprint density at radius 1 is 1.15 bits per heavy atom. The maximum Gasteiger partial charge on any atom is 0.177 e. The number of H-pyrrole nitrogens is 1. The number of nitrogens with two attached hydrogens (primary N) is 1. The van der Waals surface area contributed by atoms with Crippen molar-refractivity contribution in [1.29, 1.82) is 0 Å². The van der Waals surface area contributed by atoms with Gasteiger partial charge in [0.2, 0.25) is 0 Å². The smallest absolute Gasteiger partial charge is 0.177 e. The largest absolute Gasteiger partial charge is 0.355 e. The highest BCUT2D eigenvalue weighted by molar-refractivity contribution is 7.09. The van der Waals surface area contributed by atoms with Crippen molar-refractivity contribution in [2.75, 3.05) is 24.5 Å². The van der Waals surface area contributed by atoms with Gasteiger partial charge in [-0.1, -0.05) is 11.6 Å².